The van der Waals surface area contributed by atoms with E-state index in [0.717, 1.165) is 70.8 Å². The van der Waals surface area contributed by atoms with Crippen molar-refractivity contribution in [1.29, 1.82) is 0 Å². The standard InChI is InChI=1S/C29H32N2O4S2/c1-4-35-29(34)25-19-8-5-6-11-22(19)37-28(25)31-27(33)23-16(2)30-20-9-7-10-21(32)26(20)24(23)17-12-14-18(36-3)15-13-17/h12-15,24,30H,4-11H2,1-3H3,(H,31,33)/t24-/m0/s1. The van der Waals surface area contributed by atoms with Crippen molar-refractivity contribution in [1.82, 2.24) is 5.32 Å². The first-order chi connectivity index (χ1) is 17.9. The van der Waals surface area contributed by atoms with Crippen molar-refractivity contribution in [3.05, 3.63) is 68.4 Å². The van der Waals surface area contributed by atoms with E-state index in [1.165, 1.54) is 11.3 Å². The van der Waals surface area contributed by atoms with Crippen LogP contribution >= 0.6 is 23.1 Å². The third kappa shape index (κ3) is 4.89. The van der Waals surface area contributed by atoms with Gasteiger partial charge in [0, 0.05) is 44.7 Å². The molecule has 1 aromatic heterocycles. The van der Waals surface area contributed by atoms with Crippen molar-refractivity contribution in [2.75, 3.05) is 18.2 Å². The Kier molecular flexibility index (Phi) is 7.58. The van der Waals surface area contributed by atoms with E-state index in [4.69, 9.17) is 4.74 Å². The highest BCUT2D eigenvalue weighted by atomic mass is 32.2. The number of aryl methyl sites for hydroxylation is 1. The van der Waals surface area contributed by atoms with Gasteiger partial charge in [0.2, 0.25) is 0 Å². The summed E-state index contributed by atoms with van der Waals surface area (Å²) in [4.78, 5) is 42.4. The zero-order chi connectivity index (χ0) is 26.1. The molecule has 2 aromatic rings. The number of ketones is 1. The molecule has 6 nitrogen and oxygen atoms in total. The molecule has 1 atom stereocenters. The van der Waals surface area contributed by atoms with E-state index in [1.807, 2.05) is 37.4 Å². The van der Waals surface area contributed by atoms with Crippen LogP contribution in [0.3, 0.4) is 0 Å². The summed E-state index contributed by atoms with van der Waals surface area (Å²) in [6.07, 6.45) is 7.91. The lowest BCUT2D eigenvalue weighted by Crippen LogP contribution is -2.35. The van der Waals surface area contributed by atoms with Crippen LogP contribution in [0.25, 0.3) is 0 Å². The lowest BCUT2D eigenvalue weighted by Gasteiger charge is -2.34. The molecule has 2 aliphatic carbocycles. The summed E-state index contributed by atoms with van der Waals surface area (Å²) in [6.45, 7) is 3.96. The Hall–Kier alpha value is -2.84. The normalized spacial score (nSPS) is 19.2. The number of hydrogen-bond donors (Lipinski definition) is 2. The largest absolute Gasteiger partial charge is 0.462 e. The minimum Gasteiger partial charge on any atom is -0.462 e. The highest BCUT2D eigenvalue weighted by molar-refractivity contribution is 7.98. The molecule has 0 fully saturated rings. The fraction of sp³-hybridized carbons (Fsp3) is 0.414. The molecule has 2 N–H and O–H groups in total. The molecule has 37 heavy (non-hydrogen) atoms. The van der Waals surface area contributed by atoms with Crippen LogP contribution in [0.1, 0.15) is 78.2 Å². The molecule has 1 aromatic carbocycles. The number of anilines is 1. The van der Waals surface area contributed by atoms with Gasteiger partial charge in [-0.2, -0.15) is 0 Å². The van der Waals surface area contributed by atoms with E-state index < -0.39 is 5.92 Å². The monoisotopic (exact) mass is 536 g/mol. The number of carbonyl (C=O) groups is 3. The minimum absolute atomic E-state index is 0.0873. The molecule has 0 unspecified atom stereocenters. The molecular weight excluding hydrogens is 504 g/mol. The molecule has 5 rings (SSSR count). The van der Waals surface area contributed by atoms with Gasteiger partial charge >= 0.3 is 5.97 Å². The number of fused-ring (bicyclic) bond motifs is 1. The number of allylic oxidation sites excluding steroid dienone is 3. The third-order valence-corrected chi connectivity index (χ3v) is 9.30. The zero-order valence-electron chi connectivity index (χ0n) is 21.5. The van der Waals surface area contributed by atoms with Crippen molar-refractivity contribution >= 4 is 45.8 Å². The molecule has 0 bridgehead atoms. The fourth-order valence-corrected chi connectivity index (χ4v) is 7.34. The first-order valence-electron chi connectivity index (χ1n) is 12.9. The Labute approximate surface area is 225 Å². The van der Waals surface area contributed by atoms with E-state index in [0.29, 0.717) is 28.1 Å². The number of carbonyl (C=O) groups excluding carboxylic acids is 3. The number of hydrogen-bond acceptors (Lipinski definition) is 7. The maximum atomic E-state index is 14.0. The van der Waals surface area contributed by atoms with Gasteiger partial charge in [-0.05, 0) is 81.9 Å². The number of nitrogens with one attached hydrogen (secondary N) is 2. The van der Waals surface area contributed by atoms with E-state index >= 15 is 0 Å². The molecule has 194 valence electrons. The number of rotatable bonds is 6. The fourth-order valence-electron chi connectivity index (χ4n) is 5.66. The second-order valence-electron chi connectivity index (χ2n) is 9.63. The maximum absolute atomic E-state index is 14.0. The van der Waals surface area contributed by atoms with Crippen LogP contribution in [0.5, 0.6) is 0 Å². The van der Waals surface area contributed by atoms with Gasteiger partial charge in [0.05, 0.1) is 12.2 Å². The van der Waals surface area contributed by atoms with Gasteiger partial charge in [-0.1, -0.05) is 12.1 Å². The van der Waals surface area contributed by atoms with E-state index in [2.05, 4.69) is 10.6 Å². The minimum atomic E-state index is -0.458. The predicted octanol–water partition coefficient (Wildman–Crippen LogP) is 6.13. The smallest absolute Gasteiger partial charge is 0.341 e. The highest BCUT2D eigenvalue weighted by Gasteiger charge is 2.39. The number of thiophene rings is 1. The number of thioether (sulfide) groups is 1. The first-order valence-corrected chi connectivity index (χ1v) is 15.0. The average Bonchev–Trinajstić information content (AvgIpc) is 3.26. The van der Waals surface area contributed by atoms with Crippen molar-refractivity contribution < 1.29 is 19.1 Å². The summed E-state index contributed by atoms with van der Waals surface area (Å²) >= 11 is 3.13. The lowest BCUT2D eigenvalue weighted by molar-refractivity contribution is -0.116. The van der Waals surface area contributed by atoms with Crippen molar-refractivity contribution in [2.45, 2.75) is 69.6 Å². The van der Waals surface area contributed by atoms with E-state index in [9.17, 15) is 14.4 Å². The summed E-state index contributed by atoms with van der Waals surface area (Å²) in [5, 5.41) is 7.01. The quantitative estimate of drug-likeness (QED) is 0.341. The van der Waals surface area contributed by atoms with Gasteiger partial charge in [0.1, 0.15) is 5.00 Å². The third-order valence-electron chi connectivity index (χ3n) is 7.35. The molecular formula is C29H32N2O4S2. The number of esters is 1. The Morgan fingerprint density at radius 1 is 1.11 bits per heavy atom. The predicted molar refractivity (Wildman–Crippen MR) is 148 cm³/mol. The second-order valence-corrected chi connectivity index (χ2v) is 11.6. The molecule has 0 saturated carbocycles. The first kappa shape index (κ1) is 25.8. The number of benzene rings is 1. The zero-order valence-corrected chi connectivity index (χ0v) is 23.1. The summed E-state index contributed by atoms with van der Waals surface area (Å²) in [5.41, 5.74) is 5.29. The highest BCUT2D eigenvalue weighted by Crippen LogP contribution is 2.44. The number of dihydropyridines is 1. The van der Waals surface area contributed by atoms with Gasteiger partial charge < -0.3 is 15.4 Å². The van der Waals surface area contributed by atoms with Crippen LogP contribution in [-0.4, -0.2) is 30.5 Å². The van der Waals surface area contributed by atoms with E-state index in [1.54, 1.807) is 18.7 Å². The number of ether oxygens (including phenoxy) is 1. The van der Waals surface area contributed by atoms with Crippen LogP contribution < -0.4 is 10.6 Å². The summed E-state index contributed by atoms with van der Waals surface area (Å²) in [6, 6.07) is 8.10. The van der Waals surface area contributed by atoms with Gasteiger partial charge in [-0.15, -0.1) is 23.1 Å². The van der Waals surface area contributed by atoms with Gasteiger partial charge in [-0.3, -0.25) is 9.59 Å². The molecule has 8 heteroatoms. The van der Waals surface area contributed by atoms with Crippen LogP contribution in [0, 0.1) is 0 Å². The van der Waals surface area contributed by atoms with Gasteiger partial charge in [0.15, 0.2) is 5.78 Å². The number of Topliss-reactive ketones (excluding diaryl/α,β-unsaturated/α-hetero) is 1. The number of amides is 1. The lowest BCUT2D eigenvalue weighted by atomic mass is 9.75. The Morgan fingerprint density at radius 3 is 2.59 bits per heavy atom. The Bertz CT molecular complexity index is 1320. The van der Waals surface area contributed by atoms with Crippen molar-refractivity contribution in [3.8, 4) is 0 Å². The van der Waals surface area contributed by atoms with Crippen molar-refractivity contribution in [3.63, 3.8) is 0 Å². The van der Waals surface area contributed by atoms with Crippen LogP contribution in [-0.2, 0) is 27.2 Å². The summed E-state index contributed by atoms with van der Waals surface area (Å²) < 4.78 is 5.38. The average molecular weight is 537 g/mol. The Morgan fingerprint density at radius 2 is 1.86 bits per heavy atom. The second kappa shape index (κ2) is 10.9. The SMILES string of the molecule is CCOC(=O)c1c(NC(=O)C2=C(C)NC3=C(C(=O)CCC3)[C@H]2c2ccc(SC)cc2)sc2c1CCCC2. The van der Waals surface area contributed by atoms with Crippen LogP contribution in [0.15, 0.2) is 51.7 Å². The van der Waals surface area contributed by atoms with Gasteiger partial charge in [-0.25, -0.2) is 4.79 Å². The maximum Gasteiger partial charge on any atom is 0.341 e. The Balaban J connectivity index is 1.56. The molecule has 0 saturated heterocycles. The molecule has 0 radical (unpaired) electrons. The van der Waals surface area contributed by atoms with Gasteiger partial charge in [0.25, 0.3) is 5.91 Å². The molecule has 1 amide bonds. The summed E-state index contributed by atoms with van der Waals surface area (Å²) in [7, 11) is 0. The summed E-state index contributed by atoms with van der Waals surface area (Å²) in [5.74, 6) is -1.05. The van der Waals surface area contributed by atoms with Crippen LogP contribution in [0.4, 0.5) is 5.00 Å². The molecule has 1 aliphatic heterocycles. The molecule has 3 aliphatic rings. The molecule has 2 heterocycles. The van der Waals surface area contributed by atoms with Crippen molar-refractivity contribution in [2.24, 2.45) is 0 Å². The van der Waals surface area contributed by atoms with E-state index in [-0.39, 0.29) is 24.3 Å². The van der Waals surface area contributed by atoms with Crippen LogP contribution in [0.2, 0.25) is 0 Å². The topological polar surface area (TPSA) is 84.5 Å². The molecule has 0 spiro atoms.